The van der Waals surface area contributed by atoms with Crippen molar-refractivity contribution in [2.24, 2.45) is 0 Å². The number of anilines is 1. The Bertz CT molecular complexity index is 1160. The topological polar surface area (TPSA) is 108 Å². The van der Waals surface area contributed by atoms with Crippen LogP contribution in [0.5, 0.6) is 0 Å². The summed E-state index contributed by atoms with van der Waals surface area (Å²) in [6.07, 6.45) is 5.19. The molecule has 8 nitrogen and oxygen atoms in total. The van der Waals surface area contributed by atoms with Crippen molar-refractivity contribution in [2.75, 3.05) is 18.5 Å². The first-order chi connectivity index (χ1) is 19.4. The number of amides is 3. The molecule has 0 saturated heterocycles. The first-order valence-electron chi connectivity index (χ1n) is 14.7. The zero-order valence-corrected chi connectivity index (χ0v) is 25.9. The van der Waals surface area contributed by atoms with E-state index in [-0.39, 0.29) is 12.5 Å². The number of alkyl carbamates (subject to hydrolysis) is 1. The number of aryl methyl sites for hydroxylation is 3. The molecule has 2 unspecified atom stereocenters. The fourth-order valence-electron chi connectivity index (χ4n) is 4.68. The number of para-hydroxylation sites is 1. The summed E-state index contributed by atoms with van der Waals surface area (Å²) in [4.78, 5) is 42.3. The summed E-state index contributed by atoms with van der Waals surface area (Å²) < 4.78 is 5.34. The van der Waals surface area contributed by atoms with Gasteiger partial charge in [-0.3, -0.25) is 9.59 Å². The van der Waals surface area contributed by atoms with Gasteiger partial charge in [0.05, 0.1) is 6.61 Å². The van der Waals surface area contributed by atoms with Crippen LogP contribution in [0.2, 0.25) is 0 Å². The van der Waals surface area contributed by atoms with Crippen molar-refractivity contribution >= 4 is 23.6 Å². The van der Waals surface area contributed by atoms with Gasteiger partial charge >= 0.3 is 6.09 Å². The Kier molecular flexibility index (Phi) is 13.3. The standard InChI is InChI=1S/C33H49N3O5/c1-8-9-10-11-12-15-20-36(31(39)28(22-37)35-32(40)41-33(5,6)7)29(26-21-23(2)18-19-24(26)3)30(38)34-27-17-14-13-16-25(27)4/h13-14,16-19,21,28-29,37H,8-12,15,20,22H2,1-7H3,(H,34,38)(H,35,40). The first kappa shape index (κ1) is 33.8. The molecule has 3 N–H and O–H groups in total. The van der Waals surface area contributed by atoms with Gasteiger partial charge in [-0.1, -0.05) is 81.0 Å². The van der Waals surface area contributed by atoms with E-state index >= 15 is 0 Å². The molecule has 0 heterocycles. The van der Waals surface area contributed by atoms with E-state index in [0.29, 0.717) is 17.7 Å². The van der Waals surface area contributed by atoms with E-state index in [1.807, 2.05) is 63.2 Å². The molecule has 2 atom stereocenters. The number of rotatable bonds is 14. The monoisotopic (exact) mass is 567 g/mol. The number of aliphatic hydroxyl groups is 1. The molecule has 2 aromatic carbocycles. The Balaban J connectivity index is 2.51. The van der Waals surface area contributed by atoms with Gasteiger partial charge in [0.25, 0.3) is 5.91 Å². The van der Waals surface area contributed by atoms with E-state index in [0.717, 1.165) is 48.8 Å². The van der Waals surface area contributed by atoms with Crippen LogP contribution in [0.3, 0.4) is 0 Å². The van der Waals surface area contributed by atoms with Crippen molar-refractivity contribution in [2.45, 2.75) is 105 Å². The Morgan fingerprint density at radius 2 is 1.59 bits per heavy atom. The lowest BCUT2D eigenvalue weighted by Gasteiger charge is -2.35. The van der Waals surface area contributed by atoms with E-state index in [1.54, 1.807) is 20.8 Å². The lowest BCUT2D eigenvalue weighted by atomic mass is 9.95. The smallest absolute Gasteiger partial charge is 0.408 e. The Morgan fingerprint density at radius 1 is 0.927 bits per heavy atom. The normalized spacial score (nSPS) is 12.8. The molecular formula is C33H49N3O5. The number of nitrogens with one attached hydrogen (secondary N) is 2. The van der Waals surface area contributed by atoms with Crippen LogP contribution in [0.4, 0.5) is 10.5 Å². The van der Waals surface area contributed by atoms with Crippen LogP contribution in [0.1, 0.15) is 94.5 Å². The van der Waals surface area contributed by atoms with E-state index < -0.39 is 36.3 Å². The maximum absolute atomic E-state index is 14.1. The van der Waals surface area contributed by atoms with E-state index in [2.05, 4.69) is 17.6 Å². The number of carbonyl (C=O) groups is 3. The third kappa shape index (κ3) is 10.8. The second-order valence-electron chi connectivity index (χ2n) is 11.7. The van der Waals surface area contributed by atoms with Crippen molar-refractivity contribution in [1.82, 2.24) is 10.2 Å². The van der Waals surface area contributed by atoms with Gasteiger partial charge in [-0.25, -0.2) is 4.79 Å². The Morgan fingerprint density at radius 3 is 2.22 bits per heavy atom. The third-order valence-electron chi connectivity index (χ3n) is 6.90. The third-order valence-corrected chi connectivity index (χ3v) is 6.90. The fraction of sp³-hybridized carbons (Fsp3) is 0.545. The molecule has 0 spiro atoms. The summed E-state index contributed by atoms with van der Waals surface area (Å²) >= 11 is 0. The molecule has 41 heavy (non-hydrogen) atoms. The molecule has 0 radical (unpaired) electrons. The molecule has 0 aromatic heterocycles. The molecule has 0 aliphatic carbocycles. The predicted octanol–water partition coefficient (Wildman–Crippen LogP) is 6.37. The van der Waals surface area contributed by atoms with Gasteiger partial charge in [-0.05, 0) is 70.7 Å². The SMILES string of the molecule is CCCCCCCCN(C(=O)C(CO)NC(=O)OC(C)(C)C)C(C(=O)Nc1ccccc1C)c1cc(C)ccc1C. The number of aliphatic hydroxyl groups excluding tert-OH is 1. The molecule has 0 fully saturated rings. The maximum atomic E-state index is 14.1. The summed E-state index contributed by atoms with van der Waals surface area (Å²) in [6, 6.07) is 11.1. The number of benzene rings is 2. The number of carbonyl (C=O) groups excluding carboxylic acids is 3. The second-order valence-corrected chi connectivity index (χ2v) is 11.7. The molecule has 0 saturated carbocycles. The second kappa shape index (κ2) is 16.2. The van der Waals surface area contributed by atoms with Crippen LogP contribution in [0.15, 0.2) is 42.5 Å². The largest absolute Gasteiger partial charge is 0.444 e. The average Bonchev–Trinajstić information content (AvgIpc) is 2.90. The molecule has 226 valence electrons. The quantitative estimate of drug-likeness (QED) is 0.230. The maximum Gasteiger partial charge on any atom is 0.408 e. The highest BCUT2D eigenvalue weighted by Gasteiger charge is 2.36. The van der Waals surface area contributed by atoms with Gasteiger partial charge in [0, 0.05) is 12.2 Å². The summed E-state index contributed by atoms with van der Waals surface area (Å²) in [6.45, 7) is 12.8. The lowest BCUT2D eigenvalue weighted by molar-refractivity contribution is -0.141. The minimum absolute atomic E-state index is 0.288. The van der Waals surface area contributed by atoms with Gasteiger partial charge in [0.15, 0.2) is 0 Å². The highest BCUT2D eigenvalue weighted by Crippen LogP contribution is 2.29. The summed E-state index contributed by atoms with van der Waals surface area (Å²) in [7, 11) is 0. The van der Waals surface area contributed by atoms with Crippen molar-refractivity contribution in [3.8, 4) is 0 Å². The van der Waals surface area contributed by atoms with Gasteiger partial charge in [0.1, 0.15) is 17.7 Å². The minimum atomic E-state index is -1.27. The van der Waals surface area contributed by atoms with Crippen LogP contribution in [0, 0.1) is 20.8 Å². The molecule has 0 aliphatic rings. The lowest BCUT2D eigenvalue weighted by Crippen LogP contribution is -2.54. The number of ether oxygens (including phenoxy) is 1. The van der Waals surface area contributed by atoms with Crippen LogP contribution in [0.25, 0.3) is 0 Å². The van der Waals surface area contributed by atoms with Crippen molar-refractivity contribution in [3.05, 3.63) is 64.7 Å². The number of unbranched alkanes of at least 4 members (excludes halogenated alkanes) is 5. The van der Waals surface area contributed by atoms with Crippen molar-refractivity contribution < 1.29 is 24.2 Å². The van der Waals surface area contributed by atoms with Crippen LogP contribution in [-0.2, 0) is 14.3 Å². The number of nitrogens with zero attached hydrogens (tertiary/aromatic N) is 1. The summed E-state index contributed by atoms with van der Waals surface area (Å²) in [5, 5.41) is 15.8. The van der Waals surface area contributed by atoms with E-state index in [4.69, 9.17) is 4.74 Å². The van der Waals surface area contributed by atoms with Crippen molar-refractivity contribution in [1.29, 1.82) is 0 Å². The molecule has 2 rings (SSSR count). The van der Waals surface area contributed by atoms with Crippen LogP contribution >= 0.6 is 0 Å². The van der Waals surface area contributed by atoms with Gasteiger partial charge in [-0.2, -0.15) is 0 Å². The minimum Gasteiger partial charge on any atom is -0.444 e. The van der Waals surface area contributed by atoms with Crippen molar-refractivity contribution in [3.63, 3.8) is 0 Å². The van der Waals surface area contributed by atoms with E-state index in [9.17, 15) is 19.5 Å². The van der Waals surface area contributed by atoms with Gasteiger partial charge < -0.3 is 25.4 Å². The van der Waals surface area contributed by atoms with Gasteiger partial charge in [-0.15, -0.1) is 0 Å². The average molecular weight is 568 g/mol. The Hall–Kier alpha value is -3.39. The highest BCUT2D eigenvalue weighted by molar-refractivity contribution is 5.99. The molecular weight excluding hydrogens is 518 g/mol. The zero-order valence-electron chi connectivity index (χ0n) is 25.9. The highest BCUT2D eigenvalue weighted by atomic mass is 16.6. The fourth-order valence-corrected chi connectivity index (χ4v) is 4.68. The molecule has 3 amide bonds. The summed E-state index contributed by atoms with van der Waals surface area (Å²) in [5.41, 5.74) is 3.29. The van der Waals surface area contributed by atoms with Crippen LogP contribution in [-0.4, -0.2) is 52.7 Å². The molecule has 8 heteroatoms. The predicted molar refractivity (Wildman–Crippen MR) is 164 cm³/mol. The zero-order chi connectivity index (χ0) is 30.6. The van der Waals surface area contributed by atoms with Gasteiger partial charge in [0.2, 0.25) is 5.91 Å². The molecule has 0 bridgehead atoms. The number of hydrogen-bond acceptors (Lipinski definition) is 5. The van der Waals surface area contributed by atoms with Crippen LogP contribution < -0.4 is 10.6 Å². The Labute approximate surface area is 245 Å². The summed E-state index contributed by atoms with van der Waals surface area (Å²) in [5.74, 6) is -0.904. The first-order valence-corrected chi connectivity index (χ1v) is 14.7. The van der Waals surface area contributed by atoms with E-state index in [1.165, 1.54) is 4.90 Å². The number of hydrogen-bond donors (Lipinski definition) is 3. The molecule has 0 aliphatic heterocycles. The molecule has 2 aromatic rings.